The van der Waals surface area contributed by atoms with Gasteiger partial charge in [-0.2, -0.15) is 0 Å². The number of hydrogen-bond acceptors (Lipinski definition) is 4. The molecule has 1 amide bonds. The van der Waals surface area contributed by atoms with Crippen molar-refractivity contribution in [3.63, 3.8) is 0 Å². The second kappa shape index (κ2) is 7.18. The molecule has 18 heavy (non-hydrogen) atoms. The summed E-state index contributed by atoms with van der Waals surface area (Å²) in [5.74, 6) is 1.38. The highest BCUT2D eigenvalue weighted by molar-refractivity contribution is 5.91. The number of ether oxygens (including phenoxy) is 1. The van der Waals surface area contributed by atoms with Crippen LogP contribution in [-0.2, 0) is 4.79 Å². The van der Waals surface area contributed by atoms with Gasteiger partial charge in [0.2, 0.25) is 5.91 Å². The minimum absolute atomic E-state index is 0. The Morgan fingerprint density at radius 3 is 2.89 bits per heavy atom. The highest BCUT2D eigenvalue weighted by Crippen LogP contribution is 2.17. The van der Waals surface area contributed by atoms with Crippen molar-refractivity contribution in [2.75, 3.05) is 25.5 Å². The number of methoxy groups -OCH3 is 1. The molecule has 0 spiro atoms. The largest absolute Gasteiger partial charge is 0.497 e. The predicted molar refractivity (Wildman–Crippen MR) is 72.3 cm³/mol. The maximum Gasteiger partial charge on any atom is 0.228 e. The topological polar surface area (TPSA) is 63.2 Å². The fourth-order valence-electron chi connectivity index (χ4n) is 1.92. The summed E-state index contributed by atoms with van der Waals surface area (Å²) in [6, 6.07) is 3.47. The van der Waals surface area contributed by atoms with E-state index in [0.29, 0.717) is 11.6 Å². The van der Waals surface area contributed by atoms with Crippen LogP contribution in [-0.4, -0.2) is 31.1 Å². The summed E-state index contributed by atoms with van der Waals surface area (Å²) in [6.07, 6.45) is 3.39. The van der Waals surface area contributed by atoms with Gasteiger partial charge in [-0.15, -0.1) is 12.4 Å². The molecule has 2 N–H and O–H groups in total. The third kappa shape index (κ3) is 3.85. The van der Waals surface area contributed by atoms with Crippen LogP contribution in [0.4, 0.5) is 5.82 Å². The maximum absolute atomic E-state index is 11.9. The van der Waals surface area contributed by atoms with Crippen LogP contribution in [0, 0.1) is 5.92 Å². The van der Waals surface area contributed by atoms with Gasteiger partial charge in [-0.05, 0) is 32.0 Å². The third-order valence-corrected chi connectivity index (χ3v) is 2.93. The van der Waals surface area contributed by atoms with Crippen molar-refractivity contribution in [3.05, 3.63) is 18.3 Å². The molecule has 0 unspecified atom stereocenters. The average molecular weight is 272 g/mol. The van der Waals surface area contributed by atoms with Crippen LogP contribution in [0.25, 0.3) is 0 Å². The van der Waals surface area contributed by atoms with Crippen molar-refractivity contribution in [1.82, 2.24) is 10.3 Å². The number of nitrogens with one attached hydrogen (secondary N) is 2. The molecule has 6 heteroatoms. The Hall–Kier alpha value is -1.33. The number of hydrogen-bond donors (Lipinski definition) is 2. The van der Waals surface area contributed by atoms with Crippen LogP contribution in [0.1, 0.15) is 12.8 Å². The molecule has 1 aromatic rings. The van der Waals surface area contributed by atoms with Gasteiger partial charge in [-0.1, -0.05) is 0 Å². The van der Waals surface area contributed by atoms with Crippen LogP contribution in [0.15, 0.2) is 18.3 Å². The van der Waals surface area contributed by atoms with E-state index in [4.69, 9.17) is 4.74 Å². The molecule has 0 aromatic carbocycles. The molecular weight excluding hydrogens is 254 g/mol. The first kappa shape index (κ1) is 14.7. The number of halogens is 1. The van der Waals surface area contributed by atoms with Crippen LogP contribution < -0.4 is 15.4 Å². The summed E-state index contributed by atoms with van der Waals surface area (Å²) in [5, 5.41) is 6.06. The van der Waals surface area contributed by atoms with Crippen molar-refractivity contribution in [2.45, 2.75) is 12.8 Å². The number of amides is 1. The fraction of sp³-hybridized carbons (Fsp3) is 0.500. The molecule has 2 rings (SSSR count). The van der Waals surface area contributed by atoms with Gasteiger partial charge in [0.1, 0.15) is 11.6 Å². The summed E-state index contributed by atoms with van der Waals surface area (Å²) in [4.78, 5) is 16.0. The summed E-state index contributed by atoms with van der Waals surface area (Å²) >= 11 is 0. The standard InChI is InChI=1S/C12H17N3O2.ClH/c1-17-10-4-7-14-11(8-10)15-12(16)9-2-5-13-6-3-9;/h4,7-9,13H,2-3,5-6H2,1H3,(H,14,15,16);1H. The van der Waals surface area contributed by atoms with Crippen molar-refractivity contribution < 1.29 is 9.53 Å². The van der Waals surface area contributed by atoms with E-state index in [1.54, 1.807) is 25.4 Å². The van der Waals surface area contributed by atoms with Gasteiger partial charge in [0.05, 0.1) is 7.11 Å². The van der Waals surface area contributed by atoms with Crippen LogP contribution >= 0.6 is 12.4 Å². The lowest BCUT2D eigenvalue weighted by atomic mass is 9.97. The van der Waals surface area contributed by atoms with Crippen LogP contribution in [0.5, 0.6) is 5.75 Å². The number of nitrogens with zero attached hydrogens (tertiary/aromatic N) is 1. The first-order chi connectivity index (χ1) is 8.29. The van der Waals surface area contributed by atoms with Crippen molar-refractivity contribution >= 4 is 24.1 Å². The maximum atomic E-state index is 11.9. The Morgan fingerprint density at radius 1 is 1.50 bits per heavy atom. The van der Waals surface area contributed by atoms with Crippen LogP contribution in [0.2, 0.25) is 0 Å². The first-order valence-corrected chi connectivity index (χ1v) is 5.81. The number of piperidine rings is 1. The van der Waals surface area contributed by atoms with Gasteiger partial charge in [0.15, 0.2) is 0 Å². The lowest BCUT2D eigenvalue weighted by Crippen LogP contribution is -2.34. The number of carbonyl (C=O) groups is 1. The van der Waals surface area contributed by atoms with E-state index in [2.05, 4.69) is 15.6 Å². The summed E-state index contributed by atoms with van der Waals surface area (Å²) in [7, 11) is 1.59. The fourth-order valence-corrected chi connectivity index (χ4v) is 1.92. The van der Waals surface area contributed by atoms with E-state index in [0.717, 1.165) is 25.9 Å². The number of carbonyl (C=O) groups excluding carboxylic acids is 1. The Balaban J connectivity index is 0.00000162. The Labute approximate surface area is 113 Å². The highest BCUT2D eigenvalue weighted by atomic mass is 35.5. The van der Waals surface area contributed by atoms with E-state index < -0.39 is 0 Å². The van der Waals surface area contributed by atoms with Crippen LogP contribution in [0.3, 0.4) is 0 Å². The van der Waals surface area contributed by atoms with Gasteiger partial charge in [-0.3, -0.25) is 4.79 Å². The smallest absolute Gasteiger partial charge is 0.228 e. The van der Waals surface area contributed by atoms with Crippen molar-refractivity contribution in [1.29, 1.82) is 0 Å². The summed E-state index contributed by atoms with van der Waals surface area (Å²) < 4.78 is 5.08. The zero-order chi connectivity index (χ0) is 12.1. The molecule has 0 saturated carbocycles. The van der Waals surface area contributed by atoms with Gasteiger partial charge >= 0.3 is 0 Å². The lowest BCUT2D eigenvalue weighted by Gasteiger charge is -2.21. The molecule has 1 saturated heterocycles. The number of anilines is 1. The lowest BCUT2D eigenvalue weighted by molar-refractivity contribution is -0.120. The Morgan fingerprint density at radius 2 is 2.22 bits per heavy atom. The molecular formula is C12H18ClN3O2. The van der Waals surface area contributed by atoms with E-state index in [1.165, 1.54) is 0 Å². The van der Waals surface area contributed by atoms with E-state index in [9.17, 15) is 4.79 Å². The average Bonchev–Trinajstić information content (AvgIpc) is 2.40. The molecule has 1 aliphatic heterocycles. The molecule has 1 aromatic heterocycles. The minimum atomic E-state index is 0. The molecule has 1 fully saturated rings. The van der Waals surface area contributed by atoms with Crippen molar-refractivity contribution in [3.8, 4) is 5.75 Å². The Kier molecular flexibility index (Phi) is 5.88. The molecule has 0 aliphatic carbocycles. The molecule has 5 nitrogen and oxygen atoms in total. The summed E-state index contributed by atoms with van der Waals surface area (Å²) in [6.45, 7) is 1.81. The summed E-state index contributed by atoms with van der Waals surface area (Å²) in [5.41, 5.74) is 0. The number of aromatic nitrogens is 1. The highest BCUT2D eigenvalue weighted by Gasteiger charge is 2.21. The number of pyridine rings is 1. The van der Waals surface area contributed by atoms with E-state index in [-0.39, 0.29) is 24.2 Å². The van der Waals surface area contributed by atoms with Gasteiger partial charge in [-0.25, -0.2) is 4.98 Å². The molecule has 1 aliphatic rings. The van der Waals surface area contributed by atoms with Crippen molar-refractivity contribution in [2.24, 2.45) is 5.92 Å². The van der Waals surface area contributed by atoms with E-state index in [1.807, 2.05) is 0 Å². The quantitative estimate of drug-likeness (QED) is 0.873. The first-order valence-electron chi connectivity index (χ1n) is 5.81. The molecule has 0 atom stereocenters. The predicted octanol–water partition coefficient (Wildman–Crippen LogP) is 1.45. The third-order valence-electron chi connectivity index (χ3n) is 2.93. The second-order valence-corrected chi connectivity index (χ2v) is 4.09. The molecule has 0 bridgehead atoms. The monoisotopic (exact) mass is 271 g/mol. The molecule has 100 valence electrons. The number of rotatable bonds is 3. The Bertz CT molecular complexity index is 395. The van der Waals surface area contributed by atoms with Gasteiger partial charge < -0.3 is 15.4 Å². The second-order valence-electron chi connectivity index (χ2n) is 4.09. The minimum Gasteiger partial charge on any atom is -0.497 e. The van der Waals surface area contributed by atoms with Gasteiger partial charge in [0.25, 0.3) is 0 Å². The zero-order valence-electron chi connectivity index (χ0n) is 10.3. The SMILES string of the molecule is COc1ccnc(NC(=O)C2CCNCC2)c1.Cl. The zero-order valence-corrected chi connectivity index (χ0v) is 11.1. The van der Waals surface area contributed by atoms with Gasteiger partial charge in [0, 0.05) is 18.2 Å². The normalized spacial score (nSPS) is 15.6. The molecule has 0 radical (unpaired) electrons. The molecule has 2 heterocycles. The van der Waals surface area contributed by atoms with E-state index >= 15 is 0 Å².